The van der Waals surface area contributed by atoms with Crippen LogP contribution in [0.15, 0.2) is 9.59 Å². The zero-order valence-corrected chi connectivity index (χ0v) is 11.2. The Morgan fingerprint density at radius 3 is 1.94 bits per heavy atom. The lowest BCUT2D eigenvalue weighted by Gasteiger charge is -2.29. The first-order valence-electron chi connectivity index (χ1n) is 6.37. The quantitative estimate of drug-likeness (QED) is 0.673. The molecule has 0 bridgehead atoms. The van der Waals surface area contributed by atoms with Crippen LogP contribution in [0.1, 0.15) is 33.6 Å². The predicted molar refractivity (Wildman–Crippen MR) is 73.1 cm³/mol. The molecule has 1 aromatic carbocycles. The van der Waals surface area contributed by atoms with E-state index in [-0.39, 0.29) is 10.9 Å². The van der Waals surface area contributed by atoms with Crippen LogP contribution in [-0.2, 0) is 0 Å². The van der Waals surface area contributed by atoms with Crippen molar-refractivity contribution >= 4 is 11.4 Å². The second-order valence-electron chi connectivity index (χ2n) is 4.30. The maximum absolute atomic E-state index is 11.6. The summed E-state index contributed by atoms with van der Waals surface area (Å²) in [5, 5.41) is 0. The van der Waals surface area contributed by atoms with E-state index in [2.05, 4.69) is 6.92 Å². The van der Waals surface area contributed by atoms with Crippen LogP contribution in [0.4, 0.5) is 11.4 Å². The molecule has 96 valence electrons. The third-order valence-electron chi connectivity index (χ3n) is 3.17. The highest BCUT2D eigenvalue weighted by Crippen LogP contribution is 2.23. The summed E-state index contributed by atoms with van der Waals surface area (Å²) in [6.45, 7) is 8.45. The summed E-state index contributed by atoms with van der Waals surface area (Å²) in [6.07, 6.45) is 2.12. The smallest absolute Gasteiger partial charge is 0.253 e. The third kappa shape index (κ3) is 2.51. The largest absolute Gasteiger partial charge is 0.370 e. The first-order valence-corrected chi connectivity index (χ1v) is 6.37. The summed E-state index contributed by atoms with van der Waals surface area (Å²) < 4.78 is 0. The standard InChI is InChI=1S/C13H22N2O2/c1-5-8-9-14(4)10-11(13(17)12(10)16)15(6-2)7-3/h5-9H2,1-4H3. The van der Waals surface area contributed by atoms with Crippen LogP contribution in [-0.4, -0.2) is 26.7 Å². The Labute approximate surface area is 103 Å². The van der Waals surface area contributed by atoms with Crippen LogP contribution in [0.25, 0.3) is 0 Å². The second-order valence-corrected chi connectivity index (χ2v) is 4.30. The van der Waals surface area contributed by atoms with Gasteiger partial charge in [0.05, 0.1) is 0 Å². The van der Waals surface area contributed by atoms with E-state index in [1.807, 2.05) is 30.7 Å². The van der Waals surface area contributed by atoms with Crippen LogP contribution < -0.4 is 20.7 Å². The molecule has 0 spiro atoms. The molecule has 0 saturated carbocycles. The summed E-state index contributed by atoms with van der Waals surface area (Å²) >= 11 is 0. The number of anilines is 2. The van der Waals surface area contributed by atoms with E-state index in [4.69, 9.17) is 0 Å². The van der Waals surface area contributed by atoms with E-state index in [1.165, 1.54) is 0 Å². The molecule has 0 radical (unpaired) electrons. The van der Waals surface area contributed by atoms with Crippen LogP contribution in [0.5, 0.6) is 0 Å². The second kappa shape index (κ2) is 5.84. The van der Waals surface area contributed by atoms with E-state index in [0.29, 0.717) is 11.4 Å². The molecule has 0 atom stereocenters. The molecule has 0 saturated heterocycles. The molecule has 0 heterocycles. The minimum Gasteiger partial charge on any atom is -0.370 e. The number of unbranched alkanes of at least 4 members (excludes halogenated alkanes) is 1. The van der Waals surface area contributed by atoms with Crippen molar-refractivity contribution in [1.82, 2.24) is 0 Å². The fourth-order valence-corrected chi connectivity index (χ4v) is 2.06. The molecule has 0 aliphatic rings. The molecule has 0 amide bonds. The maximum atomic E-state index is 11.6. The molecule has 0 aromatic heterocycles. The van der Waals surface area contributed by atoms with Crippen LogP contribution >= 0.6 is 0 Å². The summed E-state index contributed by atoms with van der Waals surface area (Å²) in [5.41, 5.74) is 0.559. The van der Waals surface area contributed by atoms with Crippen molar-refractivity contribution in [2.75, 3.05) is 36.5 Å². The maximum Gasteiger partial charge on any atom is 0.253 e. The van der Waals surface area contributed by atoms with Gasteiger partial charge in [0.2, 0.25) is 0 Å². The van der Waals surface area contributed by atoms with Crippen molar-refractivity contribution in [3.63, 3.8) is 0 Å². The minimum absolute atomic E-state index is 0.327. The molecule has 0 aliphatic heterocycles. The highest BCUT2D eigenvalue weighted by atomic mass is 16.2. The molecular weight excluding hydrogens is 216 g/mol. The molecule has 0 aliphatic carbocycles. The van der Waals surface area contributed by atoms with Gasteiger partial charge in [-0.25, -0.2) is 0 Å². The van der Waals surface area contributed by atoms with Gasteiger partial charge in [-0.05, 0) is 20.3 Å². The monoisotopic (exact) mass is 238 g/mol. The molecule has 1 aromatic rings. The molecule has 17 heavy (non-hydrogen) atoms. The van der Waals surface area contributed by atoms with Crippen molar-refractivity contribution in [2.24, 2.45) is 0 Å². The van der Waals surface area contributed by atoms with E-state index in [9.17, 15) is 9.59 Å². The summed E-state index contributed by atoms with van der Waals surface area (Å²) in [4.78, 5) is 27.1. The average Bonchev–Trinajstić information content (AvgIpc) is 2.35. The van der Waals surface area contributed by atoms with Gasteiger partial charge in [0.1, 0.15) is 11.4 Å². The number of hydrogen-bond donors (Lipinski definition) is 0. The zero-order valence-electron chi connectivity index (χ0n) is 11.2. The van der Waals surface area contributed by atoms with Gasteiger partial charge < -0.3 is 9.80 Å². The fourth-order valence-electron chi connectivity index (χ4n) is 2.06. The Kier molecular flexibility index (Phi) is 4.73. The normalized spacial score (nSPS) is 10.8. The summed E-state index contributed by atoms with van der Waals surface area (Å²) in [6, 6.07) is 0. The number of nitrogens with zero attached hydrogens (tertiary/aromatic N) is 2. The topological polar surface area (TPSA) is 40.6 Å². The average molecular weight is 238 g/mol. The Balaban J connectivity index is 2.97. The van der Waals surface area contributed by atoms with E-state index in [1.54, 1.807) is 0 Å². The van der Waals surface area contributed by atoms with Crippen LogP contribution in [0.2, 0.25) is 0 Å². The molecule has 0 unspecified atom stereocenters. The lowest BCUT2D eigenvalue weighted by molar-refractivity contribution is 0.756. The molecular formula is C13H22N2O2. The lowest BCUT2D eigenvalue weighted by atomic mass is 10.1. The third-order valence-corrected chi connectivity index (χ3v) is 3.17. The van der Waals surface area contributed by atoms with E-state index in [0.717, 1.165) is 32.5 Å². The first-order chi connectivity index (χ1) is 8.08. The Bertz CT molecular complexity index is 429. The van der Waals surface area contributed by atoms with Gasteiger partial charge in [-0.15, -0.1) is 0 Å². The molecule has 4 heteroatoms. The number of rotatable bonds is 7. The van der Waals surface area contributed by atoms with Gasteiger partial charge in [0.15, 0.2) is 0 Å². The Morgan fingerprint density at radius 1 is 0.941 bits per heavy atom. The highest BCUT2D eigenvalue weighted by Gasteiger charge is 2.26. The Morgan fingerprint density at radius 2 is 1.47 bits per heavy atom. The summed E-state index contributed by atoms with van der Waals surface area (Å²) in [7, 11) is 1.89. The van der Waals surface area contributed by atoms with Crippen molar-refractivity contribution in [2.45, 2.75) is 33.6 Å². The van der Waals surface area contributed by atoms with Crippen molar-refractivity contribution in [1.29, 1.82) is 0 Å². The van der Waals surface area contributed by atoms with Gasteiger partial charge in [-0.2, -0.15) is 0 Å². The summed E-state index contributed by atoms with van der Waals surface area (Å²) in [5.74, 6) is 0. The Hall–Kier alpha value is -1.32. The van der Waals surface area contributed by atoms with Crippen LogP contribution in [0.3, 0.4) is 0 Å². The number of hydrogen-bond acceptors (Lipinski definition) is 4. The first kappa shape index (κ1) is 13.7. The van der Waals surface area contributed by atoms with Gasteiger partial charge >= 0.3 is 0 Å². The highest BCUT2D eigenvalue weighted by molar-refractivity contribution is 5.76. The van der Waals surface area contributed by atoms with Crippen molar-refractivity contribution in [3.05, 3.63) is 20.4 Å². The zero-order chi connectivity index (χ0) is 13.0. The molecule has 0 fully saturated rings. The van der Waals surface area contributed by atoms with Gasteiger partial charge in [-0.3, -0.25) is 9.59 Å². The SMILES string of the molecule is CCCCN(C)c1c(N(CC)CC)c(=O)c1=O. The van der Waals surface area contributed by atoms with E-state index < -0.39 is 0 Å². The van der Waals surface area contributed by atoms with Gasteiger partial charge in [-0.1, -0.05) is 13.3 Å². The van der Waals surface area contributed by atoms with Crippen molar-refractivity contribution in [3.8, 4) is 0 Å². The lowest BCUT2D eigenvalue weighted by Crippen LogP contribution is -2.45. The predicted octanol–water partition coefficient (Wildman–Crippen LogP) is 1.37. The molecule has 0 N–H and O–H groups in total. The van der Waals surface area contributed by atoms with E-state index >= 15 is 0 Å². The van der Waals surface area contributed by atoms with Crippen LogP contribution in [0, 0.1) is 0 Å². The molecule has 1 rings (SSSR count). The van der Waals surface area contributed by atoms with Gasteiger partial charge in [0.25, 0.3) is 10.9 Å². The minimum atomic E-state index is -0.328. The fraction of sp³-hybridized carbons (Fsp3) is 0.692. The van der Waals surface area contributed by atoms with Gasteiger partial charge in [0, 0.05) is 26.7 Å². The van der Waals surface area contributed by atoms with Crippen molar-refractivity contribution < 1.29 is 0 Å². The molecule has 4 nitrogen and oxygen atoms in total.